The normalized spacial score (nSPS) is 47.6. The molecular weight excluding hydrogens is 352 g/mol. The fraction of sp³-hybridized carbons (Fsp3) is 0.833. The van der Waals surface area contributed by atoms with E-state index in [-0.39, 0.29) is 0 Å². The van der Waals surface area contributed by atoms with Gasteiger partial charge >= 0.3 is 17.7 Å². The first-order valence-electron chi connectivity index (χ1n) is 7.05. The van der Waals surface area contributed by atoms with Crippen LogP contribution in [0.2, 0.25) is 0 Å². The summed E-state index contributed by atoms with van der Waals surface area (Å²) >= 11 is 0. The molecule has 0 radical (unpaired) electrons. The molecule has 2 saturated heterocycles. The highest BCUT2D eigenvalue weighted by atomic mass is 16.8. The van der Waals surface area contributed by atoms with Gasteiger partial charge in [0.1, 0.15) is 36.6 Å². The second-order valence-electron chi connectivity index (χ2n) is 5.60. The van der Waals surface area contributed by atoms with Crippen LogP contribution >= 0.6 is 0 Å². The van der Waals surface area contributed by atoms with Crippen molar-refractivity contribution < 1.29 is 64.7 Å². The van der Waals surface area contributed by atoms with Gasteiger partial charge in [0.15, 0.2) is 12.4 Å². The molecule has 25 heavy (non-hydrogen) atoms. The molecule has 13 heteroatoms. The molecule has 5 unspecified atom stereocenters. The van der Waals surface area contributed by atoms with Crippen molar-refractivity contribution in [3.8, 4) is 0 Å². The van der Waals surface area contributed by atoms with Crippen molar-refractivity contribution in [2.24, 2.45) is 0 Å². The fourth-order valence-electron chi connectivity index (χ4n) is 2.58. The fourth-order valence-corrected chi connectivity index (χ4v) is 2.58. The lowest BCUT2D eigenvalue weighted by Crippen LogP contribution is -2.64. The number of carbonyl (C=O) groups is 2. The predicted molar refractivity (Wildman–Crippen MR) is 69.7 cm³/mol. The van der Waals surface area contributed by atoms with Gasteiger partial charge < -0.3 is 55.1 Å². The van der Waals surface area contributed by atoms with Crippen LogP contribution in [0.5, 0.6) is 0 Å². The number of aliphatic hydroxyl groups is 6. The quantitative estimate of drug-likeness (QED) is 0.227. The van der Waals surface area contributed by atoms with Gasteiger partial charge in [-0.15, -0.1) is 0 Å². The Bertz CT molecular complexity index is 525. The third-order valence-electron chi connectivity index (χ3n) is 4.00. The monoisotopic (exact) mass is 370 g/mol. The van der Waals surface area contributed by atoms with Crippen LogP contribution in [0, 0.1) is 0 Å². The Morgan fingerprint density at radius 2 is 1.56 bits per heavy atom. The lowest BCUT2D eigenvalue weighted by Gasteiger charge is -2.41. The molecule has 0 bridgehead atoms. The van der Waals surface area contributed by atoms with E-state index in [0.29, 0.717) is 0 Å². The van der Waals surface area contributed by atoms with Crippen LogP contribution in [0.3, 0.4) is 0 Å². The second-order valence-corrected chi connectivity index (χ2v) is 5.60. The van der Waals surface area contributed by atoms with Crippen LogP contribution in [-0.2, 0) is 23.8 Å². The molecule has 0 aromatic carbocycles. The molecule has 2 aliphatic rings. The van der Waals surface area contributed by atoms with Gasteiger partial charge in [-0.1, -0.05) is 0 Å². The van der Waals surface area contributed by atoms with E-state index in [2.05, 4.69) is 0 Å². The van der Waals surface area contributed by atoms with Crippen LogP contribution < -0.4 is 0 Å². The zero-order valence-electron chi connectivity index (χ0n) is 12.4. The minimum absolute atomic E-state index is 0.885. The number of aliphatic carboxylic acids is 2. The van der Waals surface area contributed by atoms with Gasteiger partial charge in [-0.3, -0.25) is 0 Å². The molecule has 0 aliphatic carbocycles. The number of hydrogen-bond acceptors (Lipinski definition) is 11. The smallest absolute Gasteiger partial charge is 0.367 e. The molecule has 0 spiro atoms. The van der Waals surface area contributed by atoms with Crippen molar-refractivity contribution in [2.45, 2.75) is 54.8 Å². The van der Waals surface area contributed by atoms with Gasteiger partial charge in [-0.05, 0) is 0 Å². The molecule has 0 amide bonds. The minimum atomic E-state index is -3.02. The van der Waals surface area contributed by atoms with E-state index in [1.54, 1.807) is 0 Å². The van der Waals surface area contributed by atoms with Gasteiger partial charge in [0.2, 0.25) is 0 Å². The number of aliphatic hydroxyl groups excluding tert-OH is 6. The zero-order valence-corrected chi connectivity index (χ0v) is 12.4. The highest BCUT2D eigenvalue weighted by Gasteiger charge is 2.63. The highest BCUT2D eigenvalue weighted by molar-refractivity contribution is 5.77. The van der Waals surface area contributed by atoms with E-state index in [9.17, 15) is 40.2 Å². The van der Waals surface area contributed by atoms with E-state index in [1.807, 2.05) is 0 Å². The topological polar surface area (TPSA) is 224 Å². The zero-order chi connectivity index (χ0) is 19.1. The summed E-state index contributed by atoms with van der Waals surface area (Å²) in [5, 5.41) is 76.0. The summed E-state index contributed by atoms with van der Waals surface area (Å²) in [6, 6.07) is 0. The maximum Gasteiger partial charge on any atom is 0.367 e. The summed E-state index contributed by atoms with van der Waals surface area (Å²) in [4.78, 5) is 22.5. The Hall–Kier alpha value is -1.42. The van der Waals surface area contributed by atoms with Crippen molar-refractivity contribution in [1.29, 1.82) is 0 Å². The van der Waals surface area contributed by atoms with E-state index >= 15 is 0 Å². The van der Waals surface area contributed by atoms with Gasteiger partial charge in [-0.25, -0.2) is 9.59 Å². The molecule has 9 atom stereocenters. The molecule has 0 saturated carbocycles. The Morgan fingerprint density at radius 3 is 2.00 bits per heavy atom. The van der Waals surface area contributed by atoms with Crippen LogP contribution in [0.25, 0.3) is 0 Å². The first-order chi connectivity index (χ1) is 11.6. The number of hydrogen-bond donors (Lipinski definition) is 8. The first-order valence-corrected chi connectivity index (χ1v) is 7.05. The van der Waals surface area contributed by atoms with Crippen LogP contribution in [0.4, 0.5) is 0 Å². The maximum atomic E-state index is 11.5. The molecule has 2 rings (SSSR count). The third-order valence-corrected chi connectivity index (χ3v) is 4.00. The van der Waals surface area contributed by atoms with Crippen LogP contribution in [0.15, 0.2) is 0 Å². The summed E-state index contributed by atoms with van der Waals surface area (Å²) in [7, 11) is 0. The molecule has 8 N–H and O–H groups in total. The Kier molecular flexibility index (Phi) is 5.62. The van der Waals surface area contributed by atoms with Crippen molar-refractivity contribution >= 4 is 11.9 Å². The summed E-state index contributed by atoms with van der Waals surface area (Å²) in [6.45, 7) is -0.885. The lowest BCUT2D eigenvalue weighted by atomic mass is 9.98. The summed E-state index contributed by atoms with van der Waals surface area (Å²) in [6.07, 6.45) is -16.2. The van der Waals surface area contributed by atoms with E-state index < -0.39 is 73.4 Å². The Morgan fingerprint density at radius 1 is 0.960 bits per heavy atom. The molecular formula is C12H18O13. The number of carboxylic acid groups (broad SMARTS) is 2. The SMILES string of the molecule is O=C(O)C1O[C@H](O[C@]2(C(=O)O)O[C@H](CO)C(O)C2O)C(O)C(O)[C@@H]1O. The van der Waals surface area contributed by atoms with Crippen molar-refractivity contribution in [1.82, 2.24) is 0 Å². The van der Waals surface area contributed by atoms with E-state index in [0.717, 1.165) is 0 Å². The molecule has 2 heterocycles. The summed E-state index contributed by atoms with van der Waals surface area (Å²) in [5.41, 5.74) is 0. The summed E-state index contributed by atoms with van der Waals surface area (Å²) in [5.74, 6) is -6.74. The van der Waals surface area contributed by atoms with Crippen molar-refractivity contribution in [3.63, 3.8) is 0 Å². The van der Waals surface area contributed by atoms with Gasteiger partial charge in [0.05, 0.1) is 6.61 Å². The van der Waals surface area contributed by atoms with Crippen molar-refractivity contribution in [3.05, 3.63) is 0 Å². The van der Waals surface area contributed by atoms with Gasteiger partial charge in [0, 0.05) is 0 Å². The maximum absolute atomic E-state index is 11.5. The first kappa shape index (κ1) is 19.9. The Balaban J connectivity index is 2.30. The number of ether oxygens (including phenoxy) is 3. The van der Waals surface area contributed by atoms with E-state index in [4.69, 9.17) is 24.4 Å². The molecule has 2 fully saturated rings. The minimum Gasteiger partial charge on any atom is -0.479 e. The molecule has 0 aromatic heterocycles. The van der Waals surface area contributed by atoms with Crippen LogP contribution in [0.1, 0.15) is 0 Å². The van der Waals surface area contributed by atoms with Gasteiger partial charge in [-0.2, -0.15) is 0 Å². The Labute approximate surface area is 139 Å². The molecule has 13 nitrogen and oxygen atoms in total. The molecule has 0 aromatic rings. The summed E-state index contributed by atoms with van der Waals surface area (Å²) < 4.78 is 14.5. The standard InChI is InChI=1S/C12H18O13/c13-1-2-3(14)8(18)12(24-2,11(21)22)25-10-6(17)4(15)5(16)7(23-10)9(19)20/h2-8,10,13-18H,1H2,(H,19,20)(H,21,22)/t2-,3?,4?,5+,6?,7?,8?,10-,12-/m1/s1. The lowest BCUT2D eigenvalue weighted by molar-refractivity contribution is -0.364. The molecule has 2 aliphatic heterocycles. The predicted octanol–water partition coefficient (Wildman–Crippen LogP) is -5.21. The third kappa shape index (κ3) is 3.21. The second kappa shape index (κ2) is 7.06. The number of rotatable bonds is 5. The van der Waals surface area contributed by atoms with Gasteiger partial charge in [0.25, 0.3) is 0 Å². The average molecular weight is 370 g/mol. The highest BCUT2D eigenvalue weighted by Crippen LogP contribution is 2.36. The number of carboxylic acids is 2. The van der Waals surface area contributed by atoms with Crippen LogP contribution in [-0.4, -0.2) is 114 Å². The molecule has 144 valence electrons. The largest absolute Gasteiger partial charge is 0.479 e. The van der Waals surface area contributed by atoms with E-state index in [1.165, 1.54) is 0 Å². The average Bonchev–Trinajstić information content (AvgIpc) is 2.80. The van der Waals surface area contributed by atoms with Crippen molar-refractivity contribution in [2.75, 3.05) is 6.61 Å².